The number of hydrogen-bond acceptors (Lipinski definition) is 4. The number of benzene rings is 1. The van der Waals surface area contributed by atoms with Gasteiger partial charge in [0.25, 0.3) is 0 Å². The van der Waals surface area contributed by atoms with Crippen LogP contribution in [-0.4, -0.2) is 34.3 Å². The quantitative estimate of drug-likeness (QED) is 0.824. The van der Waals surface area contributed by atoms with Gasteiger partial charge in [-0.05, 0) is 18.6 Å². The lowest BCUT2D eigenvalue weighted by Crippen LogP contribution is -2.32. The van der Waals surface area contributed by atoms with E-state index < -0.39 is 11.9 Å². The molecule has 1 aromatic carbocycles. The van der Waals surface area contributed by atoms with Crippen molar-refractivity contribution in [3.05, 3.63) is 59.0 Å². The summed E-state index contributed by atoms with van der Waals surface area (Å²) < 4.78 is 5.34. The highest BCUT2D eigenvalue weighted by molar-refractivity contribution is 5.90. The molecule has 2 aromatic rings. The van der Waals surface area contributed by atoms with Crippen LogP contribution in [-0.2, 0) is 22.7 Å². The highest BCUT2D eigenvalue weighted by Gasteiger charge is 2.34. The lowest BCUT2D eigenvalue weighted by Gasteiger charge is -2.16. The van der Waals surface area contributed by atoms with Gasteiger partial charge in [-0.3, -0.25) is 9.59 Å². The smallest absolute Gasteiger partial charge is 0.339 e. The molecule has 0 unspecified atom stereocenters. The number of rotatable bonds is 6. The molecule has 0 saturated carbocycles. The van der Waals surface area contributed by atoms with Crippen molar-refractivity contribution < 1.29 is 23.9 Å². The highest BCUT2D eigenvalue weighted by atomic mass is 16.4. The predicted octanol–water partition coefficient (Wildman–Crippen LogP) is 1.95. The molecule has 7 nitrogen and oxygen atoms in total. The number of carboxylic acids is 1. The maximum absolute atomic E-state index is 12.3. The topological polar surface area (TPSA) is 99.9 Å². The molecule has 0 spiro atoms. The third-order valence-electron chi connectivity index (χ3n) is 4.44. The van der Waals surface area contributed by atoms with Gasteiger partial charge in [-0.1, -0.05) is 30.3 Å². The molecular weight excluding hydrogens is 336 g/mol. The highest BCUT2D eigenvalue weighted by Crippen LogP contribution is 2.21. The summed E-state index contributed by atoms with van der Waals surface area (Å²) in [4.78, 5) is 37.2. The molecule has 0 radical (unpaired) electrons. The minimum Gasteiger partial charge on any atom is -0.478 e. The molecule has 1 atom stereocenters. The summed E-state index contributed by atoms with van der Waals surface area (Å²) in [5, 5.41) is 11.7. The normalized spacial score (nSPS) is 16.7. The minimum absolute atomic E-state index is 0.0454. The molecule has 1 fully saturated rings. The number of carbonyl (C=O) groups is 3. The van der Waals surface area contributed by atoms with Crippen LogP contribution in [0.2, 0.25) is 0 Å². The fraction of sp³-hybridized carbons (Fsp3) is 0.316. The van der Waals surface area contributed by atoms with Crippen LogP contribution in [0.1, 0.15) is 33.9 Å². The molecule has 0 bridgehead atoms. The van der Waals surface area contributed by atoms with Crippen molar-refractivity contribution >= 4 is 17.8 Å². The number of amides is 2. The standard InChI is InChI=1S/C19H20N2O5/c1-12-16(19(24)25)8-15(26-12)9-20-18(23)14-7-17(22)21(11-14)10-13-5-3-2-4-6-13/h2-6,8,14H,7,9-11H2,1H3,(H,20,23)(H,24,25)/t14-/m1/s1. The fourth-order valence-electron chi connectivity index (χ4n) is 3.07. The van der Waals surface area contributed by atoms with E-state index in [4.69, 9.17) is 9.52 Å². The van der Waals surface area contributed by atoms with Crippen LogP contribution < -0.4 is 5.32 Å². The number of carboxylic acid groups (broad SMARTS) is 1. The monoisotopic (exact) mass is 356 g/mol. The van der Waals surface area contributed by atoms with E-state index in [2.05, 4.69) is 5.32 Å². The molecule has 1 saturated heterocycles. The zero-order valence-corrected chi connectivity index (χ0v) is 14.4. The van der Waals surface area contributed by atoms with E-state index in [1.807, 2.05) is 30.3 Å². The van der Waals surface area contributed by atoms with Gasteiger partial charge in [-0.15, -0.1) is 0 Å². The van der Waals surface area contributed by atoms with E-state index >= 15 is 0 Å². The van der Waals surface area contributed by atoms with E-state index in [0.29, 0.717) is 24.6 Å². The Bertz CT molecular complexity index is 828. The Labute approximate surface area is 150 Å². The second-order valence-electron chi connectivity index (χ2n) is 6.37. The average Bonchev–Trinajstić information content (AvgIpc) is 3.17. The number of aromatic carboxylic acids is 1. The largest absolute Gasteiger partial charge is 0.478 e. The maximum Gasteiger partial charge on any atom is 0.339 e. The Morgan fingerprint density at radius 1 is 1.31 bits per heavy atom. The molecule has 7 heteroatoms. The van der Waals surface area contributed by atoms with Crippen molar-refractivity contribution in [1.82, 2.24) is 10.2 Å². The summed E-state index contributed by atoms with van der Waals surface area (Å²) in [5.74, 6) is -1.09. The fourth-order valence-corrected chi connectivity index (χ4v) is 3.07. The first kappa shape index (κ1) is 17.7. The first-order valence-corrected chi connectivity index (χ1v) is 8.36. The molecule has 0 aliphatic carbocycles. The van der Waals surface area contributed by atoms with Crippen molar-refractivity contribution in [3.8, 4) is 0 Å². The molecule has 1 aliphatic heterocycles. The number of likely N-dealkylation sites (tertiary alicyclic amines) is 1. The molecule has 2 N–H and O–H groups in total. The van der Waals surface area contributed by atoms with Gasteiger partial charge < -0.3 is 19.7 Å². The first-order valence-electron chi connectivity index (χ1n) is 8.36. The summed E-state index contributed by atoms with van der Waals surface area (Å²) in [7, 11) is 0. The van der Waals surface area contributed by atoms with Crippen LogP contribution in [0.25, 0.3) is 0 Å². The van der Waals surface area contributed by atoms with E-state index in [0.717, 1.165) is 5.56 Å². The van der Waals surface area contributed by atoms with Crippen LogP contribution in [0.5, 0.6) is 0 Å². The summed E-state index contributed by atoms with van der Waals surface area (Å²) in [6.45, 7) is 2.52. The third-order valence-corrected chi connectivity index (χ3v) is 4.44. The Hall–Kier alpha value is -3.09. The van der Waals surface area contributed by atoms with Gasteiger partial charge in [0, 0.05) is 19.5 Å². The number of nitrogens with one attached hydrogen (secondary N) is 1. The number of furan rings is 1. The van der Waals surface area contributed by atoms with Crippen molar-refractivity contribution in [2.24, 2.45) is 5.92 Å². The lowest BCUT2D eigenvalue weighted by molar-refractivity contribution is -0.129. The molecule has 26 heavy (non-hydrogen) atoms. The van der Waals surface area contributed by atoms with Crippen molar-refractivity contribution in [1.29, 1.82) is 0 Å². The van der Waals surface area contributed by atoms with E-state index in [9.17, 15) is 14.4 Å². The summed E-state index contributed by atoms with van der Waals surface area (Å²) >= 11 is 0. The summed E-state index contributed by atoms with van der Waals surface area (Å²) in [6, 6.07) is 11.0. The SMILES string of the molecule is Cc1oc(CNC(=O)[C@@H]2CC(=O)N(Cc3ccccc3)C2)cc1C(=O)O. The predicted molar refractivity (Wildman–Crippen MR) is 92.2 cm³/mol. The Balaban J connectivity index is 1.55. The lowest BCUT2D eigenvalue weighted by atomic mass is 10.1. The van der Waals surface area contributed by atoms with E-state index in [1.165, 1.54) is 6.07 Å². The zero-order valence-electron chi connectivity index (χ0n) is 14.4. The van der Waals surface area contributed by atoms with Crippen LogP contribution in [0.15, 0.2) is 40.8 Å². The van der Waals surface area contributed by atoms with Crippen LogP contribution >= 0.6 is 0 Å². The molecule has 136 valence electrons. The van der Waals surface area contributed by atoms with Gasteiger partial charge in [0.2, 0.25) is 11.8 Å². The number of aryl methyl sites for hydroxylation is 1. The first-order chi connectivity index (χ1) is 12.4. The maximum atomic E-state index is 12.3. The molecule has 2 amide bonds. The van der Waals surface area contributed by atoms with Crippen molar-refractivity contribution in [2.45, 2.75) is 26.4 Å². The van der Waals surface area contributed by atoms with Crippen molar-refractivity contribution in [2.75, 3.05) is 6.54 Å². The van der Waals surface area contributed by atoms with Crippen LogP contribution in [0, 0.1) is 12.8 Å². The molecule has 2 heterocycles. The summed E-state index contributed by atoms with van der Waals surface area (Å²) in [6.07, 6.45) is 0.177. The number of nitrogens with zero attached hydrogens (tertiary/aromatic N) is 1. The van der Waals surface area contributed by atoms with E-state index in [1.54, 1.807) is 11.8 Å². The summed E-state index contributed by atoms with van der Waals surface area (Å²) in [5.41, 5.74) is 1.11. The minimum atomic E-state index is -1.07. The number of hydrogen-bond donors (Lipinski definition) is 2. The molecular formula is C19H20N2O5. The van der Waals surface area contributed by atoms with Gasteiger partial charge >= 0.3 is 5.97 Å². The van der Waals surface area contributed by atoms with Gasteiger partial charge in [0.15, 0.2) is 0 Å². The Kier molecular flexibility index (Phi) is 5.06. The van der Waals surface area contributed by atoms with Gasteiger partial charge in [0.1, 0.15) is 17.1 Å². The van der Waals surface area contributed by atoms with Crippen molar-refractivity contribution in [3.63, 3.8) is 0 Å². The Morgan fingerprint density at radius 3 is 2.69 bits per heavy atom. The zero-order chi connectivity index (χ0) is 18.7. The molecule has 1 aliphatic rings. The molecule has 3 rings (SSSR count). The van der Waals surface area contributed by atoms with Crippen LogP contribution in [0.3, 0.4) is 0 Å². The third kappa shape index (κ3) is 3.93. The van der Waals surface area contributed by atoms with Gasteiger partial charge in [-0.2, -0.15) is 0 Å². The Morgan fingerprint density at radius 2 is 2.04 bits per heavy atom. The van der Waals surface area contributed by atoms with Crippen LogP contribution in [0.4, 0.5) is 0 Å². The van der Waals surface area contributed by atoms with Gasteiger partial charge in [0.05, 0.1) is 12.5 Å². The number of carbonyl (C=O) groups excluding carboxylic acids is 2. The second-order valence-corrected chi connectivity index (χ2v) is 6.37. The second kappa shape index (κ2) is 7.43. The molecule has 1 aromatic heterocycles. The van der Waals surface area contributed by atoms with E-state index in [-0.39, 0.29) is 30.3 Å². The van der Waals surface area contributed by atoms with Gasteiger partial charge in [-0.25, -0.2) is 4.79 Å². The average molecular weight is 356 g/mol.